The highest BCUT2D eigenvalue weighted by molar-refractivity contribution is 5.67. The van der Waals surface area contributed by atoms with E-state index in [1.165, 1.54) is 23.9 Å². The van der Waals surface area contributed by atoms with Gasteiger partial charge in [0.15, 0.2) is 0 Å². The number of carboxylic acid groups (broad SMARTS) is 1. The van der Waals surface area contributed by atoms with Crippen molar-refractivity contribution in [1.29, 1.82) is 0 Å². The van der Waals surface area contributed by atoms with Gasteiger partial charge >= 0.3 is 18.3 Å². The van der Waals surface area contributed by atoms with Crippen molar-refractivity contribution in [2.75, 3.05) is 0 Å². The summed E-state index contributed by atoms with van der Waals surface area (Å²) in [4.78, 5) is 10.7. The van der Waals surface area contributed by atoms with Crippen LogP contribution in [0.4, 0.5) is 26.3 Å². The van der Waals surface area contributed by atoms with Crippen molar-refractivity contribution in [1.82, 2.24) is 9.78 Å². The number of halogens is 6. The van der Waals surface area contributed by atoms with Crippen LogP contribution >= 0.6 is 0 Å². The molecule has 4 nitrogen and oxygen atoms in total. The van der Waals surface area contributed by atoms with Gasteiger partial charge < -0.3 is 5.11 Å². The van der Waals surface area contributed by atoms with Crippen molar-refractivity contribution in [3.05, 3.63) is 41.6 Å². The molecular weight excluding hydrogens is 354 g/mol. The second-order valence-corrected chi connectivity index (χ2v) is 5.42. The van der Waals surface area contributed by atoms with Crippen LogP contribution in [0.5, 0.6) is 0 Å². The number of hydrogen-bond donors (Lipinski definition) is 1. The van der Waals surface area contributed by atoms with Crippen molar-refractivity contribution in [2.24, 2.45) is 0 Å². The zero-order valence-corrected chi connectivity index (χ0v) is 12.7. The van der Waals surface area contributed by atoms with E-state index in [-0.39, 0.29) is 23.7 Å². The molecule has 25 heavy (non-hydrogen) atoms. The molecule has 1 aromatic heterocycles. The van der Waals surface area contributed by atoms with Crippen LogP contribution in [0.1, 0.15) is 30.5 Å². The number of benzene rings is 1. The Kier molecular flexibility index (Phi) is 4.83. The fourth-order valence-electron chi connectivity index (χ4n) is 2.19. The fraction of sp³-hybridized carbons (Fsp3) is 0.333. The number of carboxylic acids is 1. The standard InChI is InChI=1S/C15H12F6N2O2/c1-8(4-13(24)25)23-3-2-12(22-23)9-5-10(14(16,17)18)7-11(6-9)15(19,20)21/h2-3,5-8H,4H2,1H3,(H,24,25). The topological polar surface area (TPSA) is 55.1 Å². The second-order valence-electron chi connectivity index (χ2n) is 5.42. The third-order valence-electron chi connectivity index (χ3n) is 3.41. The normalized spacial score (nSPS) is 13.7. The second kappa shape index (κ2) is 6.41. The summed E-state index contributed by atoms with van der Waals surface area (Å²) in [6.07, 6.45) is -8.89. The Bertz CT molecular complexity index is 747. The average Bonchev–Trinajstić information content (AvgIpc) is 2.94. The summed E-state index contributed by atoms with van der Waals surface area (Å²) >= 11 is 0. The van der Waals surface area contributed by atoms with Gasteiger partial charge in [0.2, 0.25) is 0 Å². The van der Waals surface area contributed by atoms with Crippen LogP contribution in [0, 0.1) is 0 Å². The van der Waals surface area contributed by atoms with E-state index in [1.807, 2.05) is 0 Å². The number of aliphatic carboxylic acids is 1. The third kappa shape index (κ3) is 4.52. The molecule has 0 amide bonds. The van der Waals surface area contributed by atoms with Crippen molar-refractivity contribution in [3.63, 3.8) is 0 Å². The largest absolute Gasteiger partial charge is 0.481 e. The Morgan fingerprint density at radius 2 is 1.64 bits per heavy atom. The summed E-state index contributed by atoms with van der Waals surface area (Å²) in [5.74, 6) is -1.11. The van der Waals surface area contributed by atoms with E-state index < -0.39 is 35.5 Å². The molecule has 0 fully saturated rings. The monoisotopic (exact) mass is 366 g/mol. The molecule has 1 N–H and O–H groups in total. The van der Waals surface area contributed by atoms with Crippen molar-refractivity contribution in [2.45, 2.75) is 31.7 Å². The van der Waals surface area contributed by atoms with Gasteiger partial charge in [0.25, 0.3) is 0 Å². The van der Waals surface area contributed by atoms with E-state index in [1.54, 1.807) is 0 Å². The quantitative estimate of drug-likeness (QED) is 0.803. The zero-order valence-electron chi connectivity index (χ0n) is 12.7. The first-order valence-electron chi connectivity index (χ1n) is 6.94. The highest BCUT2D eigenvalue weighted by atomic mass is 19.4. The Morgan fingerprint density at radius 1 is 1.12 bits per heavy atom. The molecule has 0 saturated heterocycles. The van der Waals surface area contributed by atoms with Crippen LogP contribution in [0.25, 0.3) is 11.3 Å². The molecule has 0 bridgehead atoms. The first-order chi connectivity index (χ1) is 11.4. The van der Waals surface area contributed by atoms with Crippen LogP contribution in [0.3, 0.4) is 0 Å². The summed E-state index contributed by atoms with van der Waals surface area (Å²) in [7, 11) is 0. The first-order valence-corrected chi connectivity index (χ1v) is 6.94. The molecule has 0 spiro atoms. The number of carbonyl (C=O) groups is 1. The summed E-state index contributed by atoms with van der Waals surface area (Å²) < 4.78 is 78.4. The highest BCUT2D eigenvalue weighted by Crippen LogP contribution is 2.38. The molecule has 2 aromatic rings. The van der Waals surface area contributed by atoms with Crippen LogP contribution < -0.4 is 0 Å². The number of alkyl halides is 6. The van der Waals surface area contributed by atoms with Crippen molar-refractivity contribution in [3.8, 4) is 11.3 Å². The maximum atomic E-state index is 12.9. The summed E-state index contributed by atoms with van der Waals surface area (Å²) in [6, 6.07) is 1.80. The fourth-order valence-corrected chi connectivity index (χ4v) is 2.19. The molecule has 1 atom stereocenters. The lowest BCUT2D eigenvalue weighted by Crippen LogP contribution is -2.12. The lowest BCUT2D eigenvalue weighted by Gasteiger charge is -2.13. The predicted molar refractivity (Wildman–Crippen MR) is 74.6 cm³/mol. The van der Waals surface area contributed by atoms with Crippen LogP contribution in [0.2, 0.25) is 0 Å². The van der Waals surface area contributed by atoms with Gasteiger partial charge in [0.1, 0.15) is 0 Å². The smallest absolute Gasteiger partial charge is 0.416 e. The molecule has 0 radical (unpaired) electrons. The van der Waals surface area contributed by atoms with Gasteiger partial charge in [-0.1, -0.05) is 0 Å². The molecule has 0 aliphatic carbocycles. The molecular formula is C15H12F6N2O2. The van der Waals surface area contributed by atoms with E-state index in [0.717, 1.165) is 0 Å². The molecule has 0 aliphatic heterocycles. The summed E-state index contributed by atoms with van der Waals surface area (Å²) in [5, 5.41) is 12.6. The van der Waals surface area contributed by atoms with Crippen LogP contribution in [-0.4, -0.2) is 20.9 Å². The van der Waals surface area contributed by atoms with Gasteiger partial charge in [0, 0.05) is 11.8 Å². The Labute approximate surface area is 137 Å². The lowest BCUT2D eigenvalue weighted by molar-refractivity contribution is -0.143. The van der Waals surface area contributed by atoms with Gasteiger partial charge in [-0.15, -0.1) is 0 Å². The minimum atomic E-state index is -4.95. The zero-order chi connectivity index (χ0) is 19.0. The summed E-state index contributed by atoms with van der Waals surface area (Å²) in [5.41, 5.74) is -3.35. The first kappa shape index (κ1) is 18.8. The van der Waals surface area contributed by atoms with E-state index in [2.05, 4.69) is 5.10 Å². The molecule has 1 unspecified atom stereocenters. The van der Waals surface area contributed by atoms with Crippen LogP contribution in [-0.2, 0) is 17.1 Å². The lowest BCUT2D eigenvalue weighted by atomic mass is 10.0. The van der Waals surface area contributed by atoms with Gasteiger partial charge in [-0.2, -0.15) is 31.4 Å². The van der Waals surface area contributed by atoms with Crippen molar-refractivity contribution >= 4 is 5.97 Å². The Morgan fingerprint density at radius 3 is 2.08 bits per heavy atom. The maximum Gasteiger partial charge on any atom is 0.416 e. The third-order valence-corrected chi connectivity index (χ3v) is 3.41. The molecule has 2 rings (SSSR count). The van der Waals surface area contributed by atoms with Crippen molar-refractivity contribution < 1.29 is 36.2 Å². The van der Waals surface area contributed by atoms with Gasteiger partial charge in [-0.25, -0.2) is 0 Å². The minimum absolute atomic E-state index is 0.0353. The molecule has 1 aromatic carbocycles. The number of aromatic nitrogens is 2. The van der Waals surface area contributed by atoms with E-state index in [9.17, 15) is 31.1 Å². The van der Waals surface area contributed by atoms with Gasteiger partial charge in [-0.3, -0.25) is 9.48 Å². The molecule has 0 saturated carbocycles. The Hall–Kier alpha value is -2.52. The van der Waals surface area contributed by atoms with E-state index in [4.69, 9.17) is 5.11 Å². The SMILES string of the molecule is CC(CC(=O)O)n1ccc(-c2cc(C(F)(F)F)cc(C(F)(F)F)c2)n1. The van der Waals surface area contributed by atoms with E-state index in [0.29, 0.717) is 12.1 Å². The van der Waals surface area contributed by atoms with Gasteiger partial charge in [-0.05, 0) is 31.2 Å². The van der Waals surface area contributed by atoms with E-state index >= 15 is 0 Å². The maximum absolute atomic E-state index is 12.9. The van der Waals surface area contributed by atoms with Crippen LogP contribution in [0.15, 0.2) is 30.5 Å². The molecule has 0 aliphatic rings. The number of nitrogens with zero attached hydrogens (tertiary/aromatic N) is 2. The highest BCUT2D eigenvalue weighted by Gasteiger charge is 2.37. The molecule has 136 valence electrons. The molecule has 10 heteroatoms. The van der Waals surface area contributed by atoms with Gasteiger partial charge in [0.05, 0.1) is 29.3 Å². The summed E-state index contributed by atoms with van der Waals surface area (Å²) in [6.45, 7) is 1.51. The number of hydrogen-bond acceptors (Lipinski definition) is 2. The predicted octanol–water partition coefficient (Wildman–Crippen LogP) is 4.62. The molecule has 1 heterocycles. The number of rotatable bonds is 4. The average molecular weight is 366 g/mol. The minimum Gasteiger partial charge on any atom is -0.481 e. The Balaban J connectivity index is 2.48.